The van der Waals surface area contributed by atoms with Crippen LogP contribution in [0.3, 0.4) is 0 Å². The molecule has 2 N–H and O–H groups in total. The normalized spacial score (nSPS) is 12.0. The SMILES string of the molecule is O=CNC(Cc1cscn1)C(=O)O. The van der Waals surface area contributed by atoms with E-state index in [1.54, 1.807) is 10.9 Å². The topological polar surface area (TPSA) is 79.3 Å². The molecule has 0 aliphatic rings. The zero-order valence-corrected chi connectivity index (χ0v) is 7.45. The van der Waals surface area contributed by atoms with Crippen LogP contribution in [0.5, 0.6) is 0 Å². The fraction of sp³-hybridized carbons (Fsp3) is 0.286. The summed E-state index contributed by atoms with van der Waals surface area (Å²) in [6.45, 7) is 0. The number of nitrogens with zero attached hydrogens (tertiary/aromatic N) is 1. The van der Waals surface area contributed by atoms with Gasteiger partial charge in [0.15, 0.2) is 0 Å². The summed E-state index contributed by atoms with van der Waals surface area (Å²) in [6.07, 6.45) is 0.600. The van der Waals surface area contributed by atoms with Gasteiger partial charge in [-0.1, -0.05) is 0 Å². The van der Waals surface area contributed by atoms with Crippen molar-refractivity contribution in [3.8, 4) is 0 Å². The van der Waals surface area contributed by atoms with Gasteiger partial charge in [-0.15, -0.1) is 11.3 Å². The van der Waals surface area contributed by atoms with Gasteiger partial charge in [0.25, 0.3) is 0 Å². The second-order valence-electron chi connectivity index (χ2n) is 2.36. The number of hydrogen-bond donors (Lipinski definition) is 2. The van der Waals surface area contributed by atoms with Crippen LogP contribution in [0.4, 0.5) is 0 Å². The minimum Gasteiger partial charge on any atom is -0.480 e. The average molecular weight is 200 g/mol. The lowest BCUT2D eigenvalue weighted by Gasteiger charge is -2.08. The van der Waals surface area contributed by atoms with Crippen LogP contribution in [0.25, 0.3) is 0 Å². The van der Waals surface area contributed by atoms with Crippen molar-refractivity contribution in [2.45, 2.75) is 12.5 Å². The fourth-order valence-electron chi connectivity index (χ4n) is 0.847. The van der Waals surface area contributed by atoms with Crippen LogP contribution in [0.1, 0.15) is 5.69 Å². The molecule has 0 saturated carbocycles. The zero-order chi connectivity index (χ0) is 9.68. The minimum absolute atomic E-state index is 0.220. The molecule has 70 valence electrons. The Hall–Kier alpha value is -1.43. The van der Waals surface area contributed by atoms with Gasteiger partial charge in [0.2, 0.25) is 6.41 Å². The maximum absolute atomic E-state index is 10.6. The number of carbonyl (C=O) groups is 2. The van der Waals surface area contributed by atoms with E-state index in [1.807, 2.05) is 0 Å². The third-order valence-electron chi connectivity index (χ3n) is 1.46. The average Bonchev–Trinajstić information content (AvgIpc) is 2.56. The van der Waals surface area contributed by atoms with Crippen LogP contribution in [0.2, 0.25) is 0 Å². The molecule has 1 aromatic heterocycles. The Bertz CT molecular complexity index is 286. The lowest BCUT2D eigenvalue weighted by atomic mass is 10.2. The number of carboxylic acids is 1. The molecule has 6 heteroatoms. The Balaban J connectivity index is 2.57. The highest BCUT2D eigenvalue weighted by Crippen LogP contribution is 2.04. The van der Waals surface area contributed by atoms with Gasteiger partial charge in [0, 0.05) is 11.8 Å². The molecule has 0 spiro atoms. The Morgan fingerprint density at radius 3 is 3.08 bits per heavy atom. The van der Waals surface area contributed by atoms with Crippen LogP contribution in [-0.4, -0.2) is 28.5 Å². The Morgan fingerprint density at radius 2 is 2.62 bits per heavy atom. The molecule has 13 heavy (non-hydrogen) atoms. The second-order valence-corrected chi connectivity index (χ2v) is 3.08. The summed E-state index contributed by atoms with van der Waals surface area (Å²) in [5, 5.41) is 12.6. The minimum atomic E-state index is -1.06. The highest BCUT2D eigenvalue weighted by Gasteiger charge is 2.17. The molecule has 0 saturated heterocycles. The Morgan fingerprint density at radius 1 is 1.85 bits per heavy atom. The van der Waals surface area contributed by atoms with E-state index in [0.29, 0.717) is 12.1 Å². The van der Waals surface area contributed by atoms with E-state index in [9.17, 15) is 9.59 Å². The highest BCUT2D eigenvalue weighted by atomic mass is 32.1. The summed E-state index contributed by atoms with van der Waals surface area (Å²) in [4.78, 5) is 24.5. The number of aliphatic carboxylic acids is 1. The van der Waals surface area contributed by atoms with Gasteiger partial charge in [-0.25, -0.2) is 9.78 Å². The van der Waals surface area contributed by atoms with E-state index in [0.717, 1.165) is 0 Å². The van der Waals surface area contributed by atoms with Crippen molar-refractivity contribution in [2.24, 2.45) is 0 Å². The molecule has 0 aromatic carbocycles. The van der Waals surface area contributed by atoms with Gasteiger partial charge in [0.1, 0.15) is 6.04 Å². The van der Waals surface area contributed by atoms with E-state index in [4.69, 9.17) is 5.11 Å². The molecule has 1 amide bonds. The standard InChI is InChI=1S/C7H8N2O3S/c10-3-8-6(7(11)12)1-5-2-13-4-9-5/h2-4,6H,1H2,(H,8,10)(H,11,12). The van der Waals surface area contributed by atoms with Crippen LogP contribution in [0, 0.1) is 0 Å². The number of carboxylic acid groups (broad SMARTS) is 1. The van der Waals surface area contributed by atoms with Crippen molar-refractivity contribution >= 4 is 23.7 Å². The summed E-state index contributed by atoms with van der Waals surface area (Å²) in [6, 6.07) is -0.889. The molecule has 1 aromatic rings. The van der Waals surface area contributed by atoms with E-state index in [1.165, 1.54) is 11.3 Å². The van der Waals surface area contributed by atoms with Crippen molar-refractivity contribution in [2.75, 3.05) is 0 Å². The van der Waals surface area contributed by atoms with E-state index in [-0.39, 0.29) is 6.42 Å². The molecule has 1 atom stereocenters. The summed E-state index contributed by atoms with van der Waals surface area (Å²) < 4.78 is 0. The molecule has 0 radical (unpaired) electrons. The molecule has 1 unspecified atom stereocenters. The number of hydrogen-bond acceptors (Lipinski definition) is 4. The van der Waals surface area contributed by atoms with Crippen LogP contribution in [0.15, 0.2) is 10.9 Å². The first kappa shape index (κ1) is 9.66. The van der Waals surface area contributed by atoms with Crippen molar-refractivity contribution in [3.05, 3.63) is 16.6 Å². The maximum Gasteiger partial charge on any atom is 0.326 e. The molecule has 1 heterocycles. The summed E-state index contributed by atoms with van der Waals surface area (Å²) in [7, 11) is 0. The first-order valence-electron chi connectivity index (χ1n) is 3.53. The summed E-state index contributed by atoms with van der Waals surface area (Å²) in [5.41, 5.74) is 2.29. The fourth-order valence-corrected chi connectivity index (χ4v) is 1.42. The predicted octanol–water partition coefficient (Wildman–Crippen LogP) is -0.115. The zero-order valence-electron chi connectivity index (χ0n) is 6.64. The third kappa shape index (κ3) is 2.83. The molecule has 0 aliphatic heterocycles. The van der Waals surface area contributed by atoms with Crippen molar-refractivity contribution in [1.82, 2.24) is 10.3 Å². The van der Waals surface area contributed by atoms with Gasteiger partial charge in [-0.2, -0.15) is 0 Å². The smallest absolute Gasteiger partial charge is 0.326 e. The molecule has 1 rings (SSSR count). The maximum atomic E-state index is 10.6. The first-order chi connectivity index (χ1) is 6.24. The van der Waals surface area contributed by atoms with Gasteiger partial charge < -0.3 is 10.4 Å². The van der Waals surface area contributed by atoms with Crippen LogP contribution >= 0.6 is 11.3 Å². The van der Waals surface area contributed by atoms with Crippen LogP contribution in [-0.2, 0) is 16.0 Å². The number of rotatable bonds is 5. The largest absolute Gasteiger partial charge is 0.480 e. The first-order valence-corrected chi connectivity index (χ1v) is 4.48. The molecule has 0 aliphatic carbocycles. The molecule has 0 bridgehead atoms. The van der Waals surface area contributed by atoms with E-state index >= 15 is 0 Å². The van der Waals surface area contributed by atoms with E-state index in [2.05, 4.69) is 10.3 Å². The second kappa shape index (κ2) is 4.56. The Labute approximate surface area is 78.4 Å². The van der Waals surface area contributed by atoms with Gasteiger partial charge in [0.05, 0.1) is 11.2 Å². The highest BCUT2D eigenvalue weighted by molar-refractivity contribution is 7.07. The van der Waals surface area contributed by atoms with Gasteiger partial charge in [-0.05, 0) is 0 Å². The van der Waals surface area contributed by atoms with Crippen LogP contribution < -0.4 is 5.32 Å². The molecule has 0 fully saturated rings. The summed E-state index contributed by atoms with van der Waals surface area (Å²) in [5.74, 6) is -1.06. The molecule has 5 nitrogen and oxygen atoms in total. The number of carbonyl (C=O) groups excluding carboxylic acids is 1. The predicted molar refractivity (Wildman–Crippen MR) is 46.4 cm³/mol. The monoisotopic (exact) mass is 200 g/mol. The van der Waals surface area contributed by atoms with Gasteiger partial charge >= 0.3 is 5.97 Å². The lowest BCUT2D eigenvalue weighted by molar-refractivity contribution is -0.140. The number of aromatic nitrogens is 1. The van der Waals surface area contributed by atoms with Crippen molar-refractivity contribution < 1.29 is 14.7 Å². The Kier molecular flexibility index (Phi) is 3.39. The number of amides is 1. The summed E-state index contributed by atoms with van der Waals surface area (Å²) >= 11 is 1.39. The molecular weight excluding hydrogens is 192 g/mol. The van der Waals surface area contributed by atoms with E-state index < -0.39 is 12.0 Å². The number of thiazole rings is 1. The quantitative estimate of drug-likeness (QED) is 0.650. The number of nitrogens with one attached hydrogen (secondary N) is 1. The third-order valence-corrected chi connectivity index (χ3v) is 2.10. The van der Waals surface area contributed by atoms with Crippen molar-refractivity contribution in [3.63, 3.8) is 0 Å². The van der Waals surface area contributed by atoms with Crippen molar-refractivity contribution in [1.29, 1.82) is 0 Å². The van der Waals surface area contributed by atoms with Gasteiger partial charge in [-0.3, -0.25) is 4.79 Å². The lowest BCUT2D eigenvalue weighted by Crippen LogP contribution is -2.37. The molecular formula is C7H8N2O3S.